The number of ether oxygens (including phenoxy) is 3. The van der Waals surface area contributed by atoms with Crippen LogP contribution in [0.2, 0.25) is 0 Å². The molecule has 1 amide bonds. The number of carbonyl (C=O) groups is 1. The summed E-state index contributed by atoms with van der Waals surface area (Å²) >= 11 is 0. The average Bonchev–Trinajstić information content (AvgIpc) is 3.14. The molecule has 0 unspecified atom stereocenters. The third-order valence-electron chi connectivity index (χ3n) is 3.78. The van der Waals surface area contributed by atoms with E-state index >= 15 is 0 Å². The second kappa shape index (κ2) is 7.80. The Morgan fingerprint density at radius 2 is 1.72 bits per heavy atom. The summed E-state index contributed by atoms with van der Waals surface area (Å²) in [5.41, 5.74) is 3.29. The molecule has 0 aliphatic carbocycles. The molecule has 132 valence electrons. The van der Waals surface area contributed by atoms with Gasteiger partial charge >= 0.3 is 6.01 Å². The maximum Gasteiger partial charge on any atom is 0.328 e. The van der Waals surface area contributed by atoms with Crippen molar-refractivity contribution in [3.63, 3.8) is 0 Å². The number of nitrogens with zero attached hydrogens (tertiary/aromatic N) is 3. The van der Waals surface area contributed by atoms with Gasteiger partial charge in [0.15, 0.2) is 0 Å². The van der Waals surface area contributed by atoms with Crippen LogP contribution < -0.4 is 19.6 Å². The van der Waals surface area contributed by atoms with Crippen LogP contribution in [-0.4, -0.2) is 48.2 Å². The van der Waals surface area contributed by atoms with E-state index in [-0.39, 0.29) is 11.9 Å². The highest BCUT2D eigenvalue weighted by Gasteiger charge is 2.19. The molecule has 0 radical (unpaired) electrons. The number of hydrazine groups is 1. The van der Waals surface area contributed by atoms with Crippen LogP contribution in [0, 0.1) is 0 Å². The number of hydrogen-bond donors (Lipinski definition) is 1. The molecule has 3 rings (SSSR count). The fraction of sp³-hybridized carbons (Fsp3) is 0.353. The first-order chi connectivity index (χ1) is 12.2. The molecule has 1 N–H and O–H groups in total. The fourth-order valence-corrected chi connectivity index (χ4v) is 2.51. The van der Waals surface area contributed by atoms with Crippen molar-refractivity contribution in [1.29, 1.82) is 0 Å². The Kier molecular flexibility index (Phi) is 5.30. The van der Waals surface area contributed by atoms with E-state index in [0.717, 1.165) is 25.9 Å². The molecule has 25 heavy (non-hydrogen) atoms. The van der Waals surface area contributed by atoms with Crippen molar-refractivity contribution in [2.45, 2.75) is 12.8 Å². The van der Waals surface area contributed by atoms with Crippen LogP contribution in [0.1, 0.15) is 23.2 Å². The standard InChI is InChI=1S/C17H20N4O4/c1-23-14-11-15(24-2)19-17(18-14)25-13-8-4-3-7-12(13)16(22)20-21-9-5-6-10-21/h3-4,7-8,11H,5-6,9-10H2,1-2H3,(H,20,22). The molecule has 1 aliphatic heterocycles. The lowest BCUT2D eigenvalue weighted by atomic mass is 10.2. The van der Waals surface area contributed by atoms with E-state index in [1.165, 1.54) is 14.2 Å². The van der Waals surface area contributed by atoms with Crippen LogP contribution in [0.15, 0.2) is 30.3 Å². The van der Waals surface area contributed by atoms with E-state index < -0.39 is 0 Å². The summed E-state index contributed by atoms with van der Waals surface area (Å²) in [5, 5.41) is 1.91. The van der Waals surface area contributed by atoms with Crippen molar-refractivity contribution < 1.29 is 19.0 Å². The summed E-state index contributed by atoms with van der Waals surface area (Å²) < 4.78 is 15.9. The molecule has 1 aromatic heterocycles. The lowest BCUT2D eigenvalue weighted by molar-refractivity contribution is 0.0823. The highest BCUT2D eigenvalue weighted by atomic mass is 16.5. The molecular weight excluding hydrogens is 324 g/mol. The molecule has 1 fully saturated rings. The van der Waals surface area contributed by atoms with Gasteiger partial charge in [0.2, 0.25) is 11.8 Å². The van der Waals surface area contributed by atoms with Crippen molar-refractivity contribution in [2.24, 2.45) is 0 Å². The molecule has 0 saturated carbocycles. The molecule has 0 atom stereocenters. The predicted octanol–water partition coefficient (Wildman–Crippen LogP) is 2.03. The van der Waals surface area contributed by atoms with Gasteiger partial charge in [0, 0.05) is 13.1 Å². The molecule has 8 heteroatoms. The monoisotopic (exact) mass is 344 g/mol. The van der Waals surface area contributed by atoms with Crippen molar-refractivity contribution >= 4 is 5.91 Å². The van der Waals surface area contributed by atoms with Gasteiger partial charge in [-0.2, -0.15) is 9.97 Å². The number of amides is 1. The Bertz CT molecular complexity index is 725. The summed E-state index contributed by atoms with van der Waals surface area (Å²) in [6.45, 7) is 1.70. The van der Waals surface area contributed by atoms with E-state index in [0.29, 0.717) is 23.1 Å². The smallest absolute Gasteiger partial charge is 0.328 e. The summed E-state index contributed by atoms with van der Waals surface area (Å²) in [4.78, 5) is 20.8. The number of methoxy groups -OCH3 is 2. The zero-order valence-electron chi connectivity index (χ0n) is 14.2. The van der Waals surface area contributed by atoms with Gasteiger partial charge in [-0.25, -0.2) is 5.01 Å². The third kappa shape index (κ3) is 4.16. The maximum atomic E-state index is 12.5. The fourth-order valence-electron chi connectivity index (χ4n) is 2.51. The second-order valence-electron chi connectivity index (χ2n) is 5.47. The van der Waals surface area contributed by atoms with Crippen LogP contribution >= 0.6 is 0 Å². The Balaban J connectivity index is 1.82. The van der Waals surface area contributed by atoms with Crippen molar-refractivity contribution in [3.8, 4) is 23.5 Å². The lowest BCUT2D eigenvalue weighted by Gasteiger charge is -2.17. The highest BCUT2D eigenvalue weighted by Crippen LogP contribution is 2.26. The number of para-hydroxylation sites is 1. The molecule has 8 nitrogen and oxygen atoms in total. The Labute approximate surface area is 145 Å². The van der Waals surface area contributed by atoms with Gasteiger partial charge in [0.25, 0.3) is 5.91 Å². The first kappa shape index (κ1) is 17.0. The topological polar surface area (TPSA) is 85.8 Å². The number of carbonyl (C=O) groups excluding carboxylic acids is 1. The van der Waals surface area contributed by atoms with Crippen molar-refractivity contribution in [3.05, 3.63) is 35.9 Å². The number of benzene rings is 1. The van der Waals surface area contributed by atoms with Crippen LogP contribution in [0.4, 0.5) is 0 Å². The minimum atomic E-state index is -0.229. The average molecular weight is 344 g/mol. The Hall–Kier alpha value is -2.87. The van der Waals surface area contributed by atoms with E-state index in [1.54, 1.807) is 30.3 Å². The van der Waals surface area contributed by atoms with Crippen LogP contribution in [0.3, 0.4) is 0 Å². The summed E-state index contributed by atoms with van der Waals surface area (Å²) in [6, 6.07) is 8.52. The quantitative estimate of drug-likeness (QED) is 0.858. The first-order valence-electron chi connectivity index (χ1n) is 7.99. The van der Waals surface area contributed by atoms with Gasteiger partial charge in [0.1, 0.15) is 5.75 Å². The molecule has 1 aliphatic rings. The van der Waals surface area contributed by atoms with E-state index in [9.17, 15) is 4.79 Å². The van der Waals surface area contributed by atoms with Crippen LogP contribution in [0.25, 0.3) is 0 Å². The molecule has 2 heterocycles. The molecule has 1 aromatic carbocycles. The lowest BCUT2D eigenvalue weighted by Crippen LogP contribution is -2.40. The normalized spacial score (nSPS) is 14.2. The van der Waals surface area contributed by atoms with Gasteiger partial charge in [-0.1, -0.05) is 12.1 Å². The van der Waals surface area contributed by atoms with Gasteiger partial charge in [-0.15, -0.1) is 0 Å². The van der Waals surface area contributed by atoms with Gasteiger partial charge in [-0.3, -0.25) is 10.2 Å². The molecule has 0 spiro atoms. The predicted molar refractivity (Wildman–Crippen MR) is 89.9 cm³/mol. The Morgan fingerprint density at radius 1 is 1.08 bits per heavy atom. The molecule has 2 aromatic rings. The van der Waals surface area contributed by atoms with Crippen LogP contribution in [0.5, 0.6) is 23.5 Å². The number of aromatic nitrogens is 2. The van der Waals surface area contributed by atoms with Gasteiger partial charge in [-0.05, 0) is 25.0 Å². The minimum absolute atomic E-state index is 0.0395. The summed E-state index contributed by atoms with van der Waals surface area (Å²) in [6.07, 6.45) is 2.16. The second-order valence-corrected chi connectivity index (χ2v) is 5.47. The zero-order chi connectivity index (χ0) is 17.6. The van der Waals surface area contributed by atoms with Gasteiger partial charge < -0.3 is 14.2 Å². The molecule has 1 saturated heterocycles. The zero-order valence-corrected chi connectivity index (χ0v) is 14.2. The van der Waals surface area contributed by atoms with Gasteiger partial charge in [0.05, 0.1) is 25.8 Å². The Morgan fingerprint density at radius 3 is 2.36 bits per heavy atom. The van der Waals surface area contributed by atoms with E-state index in [4.69, 9.17) is 14.2 Å². The molecule has 0 bridgehead atoms. The van der Waals surface area contributed by atoms with Crippen molar-refractivity contribution in [1.82, 2.24) is 20.4 Å². The number of nitrogens with one attached hydrogen (secondary N) is 1. The first-order valence-corrected chi connectivity index (χ1v) is 7.99. The third-order valence-corrected chi connectivity index (χ3v) is 3.78. The number of hydrogen-bond acceptors (Lipinski definition) is 7. The number of rotatable bonds is 6. The van der Waals surface area contributed by atoms with E-state index in [1.807, 2.05) is 5.01 Å². The largest absolute Gasteiger partial charge is 0.481 e. The summed E-state index contributed by atoms with van der Waals surface area (Å²) in [7, 11) is 2.98. The molecular formula is C17H20N4O4. The van der Waals surface area contributed by atoms with Crippen molar-refractivity contribution in [2.75, 3.05) is 27.3 Å². The SMILES string of the molecule is COc1cc(OC)nc(Oc2ccccc2C(=O)NN2CCCC2)n1. The summed E-state index contributed by atoms with van der Waals surface area (Å²) in [5.74, 6) is 0.739. The minimum Gasteiger partial charge on any atom is -0.481 e. The van der Waals surface area contributed by atoms with Crippen LogP contribution in [-0.2, 0) is 0 Å². The van der Waals surface area contributed by atoms with E-state index in [2.05, 4.69) is 15.4 Å². The highest BCUT2D eigenvalue weighted by molar-refractivity contribution is 5.96. The maximum absolute atomic E-state index is 12.5.